The molecule has 9 rings (SSSR count). The maximum atomic E-state index is 2.41. The molecule has 0 saturated carbocycles. The van der Waals surface area contributed by atoms with Gasteiger partial charge < -0.3 is 0 Å². The zero-order chi connectivity index (χ0) is 30.1. The van der Waals surface area contributed by atoms with Crippen molar-refractivity contribution in [1.82, 2.24) is 0 Å². The Balaban J connectivity index is 1.40. The summed E-state index contributed by atoms with van der Waals surface area (Å²) in [6, 6.07) is 58.2. The largest absolute Gasteiger partial charge is 0.0622 e. The van der Waals surface area contributed by atoms with Crippen LogP contribution in [0.15, 0.2) is 158 Å². The predicted octanol–water partition coefficient (Wildman–Crippen LogP) is 12.5. The fourth-order valence-corrected chi connectivity index (χ4v) is 8.14. The lowest BCUT2D eigenvalue weighted by atomic mass is 9.76. The van der Waals surface area contributed by atoms with Gasteiger partial charge in [-0.3, -0.25) is 0 Å². The van der Waals surface area contributed by atoms with Gasteiger partial charge >= 0.3 is 0 Å². The Morgan fingerprint density at radius 3 is 1.44 bits per heavy atom. The van der Waals surface area contributed by atoms with E-state index in [4.69, 9.17) is 0 Å². The highest BCUT2D eigenvalue weighted by molar-refractivity contribution is 6.23. The van der Waals surface area contributed by atoms with Crippen molar-refractivity contribution in [2.24, 2.45) is 0 Å². The molecule has 212 valence electrons. The molecule has 0 amide bonds. The van der Waals surface area contributed by atoms with Crippen LogP contribution in [0.5, 0.6) is 0 Å². The molecule has 1 aliphatic carbocycles. The van der Waals surface area contributed by atoms with E-state index in [2.05, 4.69) is 172 Å². The smallest absolute Gasteiger partial charge is 0.0165 e. The lowest BCUT2D eigenvalue weighted by molar-refractivity contribution is 0.663. The molecule has 0 nitrogen and oxygen atoms in total. The Morgan fingerprint density at radius 2 is 0.800 bits per heavy atom. The van der Waals surface area contributed by atoms with E-state index in [9.17, 15) is 0 Å². The second-order valence-corrected chi connectivity index (χ2v) is 12.8. The van der Waals surface area contributed by atoms with Gasteiger partial charge in [0, 0.05) is 5.41 Å². The minimum atomic E-state index is -0.147. The SMILES string of the molecule is CC1(C)c2ccc3ccccc3c2-c2cccc(-c3c4ccccc4c(-c4ccccc4-c4ccccc4)c4ccccc34)c21. The van der Waals surface area contributed by atoms with Crippen LogP contribution in [0.3, 0.4) is 0 Å². The summed E-state index contributed by atoms with van der Waals surface area (Å²) >= 11 is 0. The molecule has 0 saturated heterocycles. The molecule has 8 aromatic carbocycles. The van der Waals surface area contributed by atoms with Gasteiger partial charge in [-0.05, 0) is 88.0 Å². The van der Waals surface area contributed by atoms with E-state index in [1.54, 1.807) is 0 Å². The van der Waals surface area contributed by atoms with Crippen LogP contribution < -0.4 is 0 Å². The van der Waals surface area contributed by atoms with Gasteiger partial charge in [-0.1, -0.05) is 172 Å². The molecule has 0 aromatic heterocycles. The first kappa shape index (κ1) is 26.0. The van der Waals surface area contributed by atoms with Crippen molar-refractivity contribution in [2.75, 3.05) is 0 Å². The van der Waals surface area contributed by atoms with Gasteiger partial charge in [0.25, 0.3) is 0 Å². The third-order valence-electron chi connectivity index (χ3n) is 10.0. The minimum Gasteiger partial charge on any atom is -0.0622 e. The van der Waals surface area contributed by atoms with Crippen LogP contribution in [-0.4, -0.2) is 0 Å². The van der Waals surface area contributed by atoms with Crippen molar-refractivity contribution >= 4 is 32.3 Å². The van der Waals surface area contributed by atoms with Gasteiger partial charge in [-0.2, -0.15) is 0 Å². The van der Waals surface area contributed by atoms with Crippen LogP contribution in [0.2, 0.25) is 0 Å². The summed E-state index contributed by atoms with van der Waals surface area (Å²) in [7, 11) is 0. The summed E-state index contributed by atoms with van der Waals surface area (Å²) < 4.78 is 0. The quantitative estimate of drug-likeness (QED) is 0.185. The molecular weight excluding hydrogens is 540 g/mol. The Morgan fingerprint density at radius 1 is 0.333 bits per heavy atom. The van der Waals surface area contributed by atoms with Crippen molar-refractivity contribution in [2.45, 2.75) is 19.3 Å². The van der Waals surface area contributed by atoms with Gasteiger partial charge in [-0.15, -0.1) is 0 Å². The average molecular weight is 573 g/mol. The highest BCUT2D eigenvalue weighted by Gasteiger charge is 2.39. The highest BCUT2D eigenvalue weighted by atomic mass is 14.4. The zero-order valence-corrected chi connectivity index (χ0v) is 25.5. The van der Waals surface area contributed by atoms with Crippen molar-refractivity contribution in [1.29, 1.82) is 0 Å². The third kappa shape index (κ3) is 3.72. The number of rotatable bonds is 3. The average Bonchev–Trinajstić information content (AvgIpc) is 3.34. The second kappa shape index (κ2) is 9.78. The minimum absolute atomic E-state index is 0.147. The fourth-order valence-electron chi connectivity index (χ4n) is 8.14. The van der Waals surface area contributed by atoms with Crippen LogP contribution in [0, 0.1) is 0 Å². The maximum Gasteiger partial charge on any atom is 0.0165 e. The molecule has 0 N–H and O–H groups in total. The van der Waals surface area contributed by atoms with Crippen LogP contribution in [0.1, 0.15) is 25.0 Å². The Bertz CT molecular complexity index is 2390. The molecule has 45 heavy (non-hydrogen) atoms. The van der Waals surface area contributed by atoms with E-state index >= 15 is 0 Å². The summed E-state index contributed by atoms with van der Waals surface area (Å²) in [6.45, 7) is 4.82. The number of hydrogen-bond acceptors (Lipinski definition) is 0. The first-order valence-electron chi connectivity index (χ1n) is 15.9. The summed E-state index contributed by atoms with van der Waals surface area (Å²) in [4.78, 5) is 0. The van der Waals surface area contributed by atoms with Crippen LogP contribution in [0.25, 0.3) is 76.8 Å². The van der Waals surface area contributed by atoms with E-state index in [-0.39, 0.29) is 5.41 Å². The van der Waals surface area contributed by atoms with Crippen LogP contribution in [0.4, 0.5) is 0 Å². The monoisotopic (exact) mass is 572 g/mol. The molecule has 8 aromatic rings. The van der Waals surface area contributed by atoms with Crippen molar-refractivity contribution in [3.63, 3.8) is 0 Å². The Kier molecular flexibility index (Phi) is 5.64. The molecule has 0 aliphatic heterocycles. The van der Waals surface area contributed by atoms with E-state index < -0.39 is 0 Å². The Labute approximate surface area is 264 Å². The summed E-state index contributed by atoms with van der Waals surface area (Å²) in [5, 5.41) is 7.78. The van der Waals surface area contributed by atoms with E-state index in [1.807, 2.05) is 0 Å². The van der Waals surface area contributed by atoms with Crippen LogP contribution in [-0.2, 0) is 5.41 Å². The van der Waals surface area contributed by atoms with E-state index in [1.165, 1.54) is 88.0 Å². The lowest BCUT2D eigenvalue weighted by Gasteiger charge is -2.26. The molecule has 1 aliphatic rings. The van der Waals surface area contributed by atoms with Gasteiger partial charge in [0.15, 0.2) is 0 Å². The van der Waals surface area contributed by atoms with E-state index in [0.29, 0.717) is 0 Å². The molecule has 0 radical (unpaired) electrons. The molecule has 0 bridgehead atoms. The third-order valence-corrected chi connectivity index (χ3v) is 10.0. The first-order chi connectivity index (χ1) is 22.1. The standard InChI is InChI=1S/C45H32/c1-45(2)40-28-27-30-17-6-7-19-32(30)43(40)39-26-14-25-38(44(39)45)42-36-23-12-10-21-34(36)41(35-22-11-13-24-37(35)42)33-20-9-8-18-31(33)29-15-4-3-5-16-29/h3-28H,1-2H3. The van der Waals surface area contributed by atoms with Gasteiger partial charge in [-0.25, -0.2) is 0 Å². The van der Waals surface area contributed by atoms with Gasteiger partial charge in [0.05, 0.1) is 0 Å². The fraction of sp³-hybridized carbons (Fsp3) is 0.0667. The predicted molar refractivity (Wildman–Crippen MR) is 193 cm³/mol. The molecule has 0 atom stereocenters. The molecule has 0 heterocycles. The van der Waals surface area contributed by atoms with Crippen molar-refractivity contribution in [3.05, 3.63) is 169 Å². The molecule has 0 heteroatoms. The highest BCUT2D eigenvalue weighted by Crippen LogP contribution is 2.56. The lowest BCUT2D eigenvalue weighted by Crippen LogP contribution is -2.16. The zero-order valence-electron chi connectivity index (χ0n) is 25.5. The second-order valence-electron chi connectivity index (χ2n) is 12.8. The van der Waals surface area contributed by atoms with E-state index in [0.717, 1.165) is 0 Å². The molecule has 0 unspecified atom stereocenters. The van der Waals surface area contributed by atoms with Gasteiger partial charge in [0.1, 0.15) is 0 Å². The summed E-state index contributed by atoms with van der Waals surface area (Å²) in [5.74, 6) is 0. The van der Waals surface area contributed by atoms with Gasteiger partial charge in [0.2, 0.25) is 0 Å². The number of fused-ring (bicyclic) bond motifs is 7. The maximum absolute atomic E-state index is 2.41. The molecular formula is C45H32. The number of benzene rings is 8. The summed E-state index contributed by atoms with van der Waals surface area (Å²) in [5.41, 5.74) is 13.1. The molecule has 0 spiro atoms. The first-order valence-corrected chi connectivity index (χ1v) is 15.9. The molecule has 0 fully saturated rings. The topological polar surface area (TPSA) is 0 Å². The Hall–Kier alpha value is -5.46. The number of hydrogen-bond donors (Lipinski definition) is 0. The van der Waals surface area contributed by atoms with Crippen LogP contribution >= 0.6 is 0 Å². The normalized spacial score (nSPS) is 13.3. The van der Waals surface area contributed by atoms with Crippen molar-refractivity contribution in [3.8, 4) is 44.5 Å². The summed E-state index contributed by atoms with van der Waals surface area (Å²) in [6.07, 6.45) is 0. The van der Waals surface area contributed by atoms with Crippen molar-refractivity contribution < 1.29 is 0 Å².